The number of fused-ring (bicyclic) bond motifs is 2. The molecule has 1 N–H and O–H groups in total. The normalized spacial score (nSPS) is 20.9. The maximum absolute atomic E-state index is 12.9. The van der Waals surface area contributed by atoms with Gasteiger partial charge in [-0.1, -0.05) is 24.6 Å². The molecule has 5 heteroatoms. The number of benzene rings is 2. The van der Waals surface area contributed by atoms with E-state index in [0.29, 0.717) is 35.2 Å². The summed E-state index contributed by atoms with van der Waals surface area (Å²) in [5.74, 6) is 1.23. The summed E-state index contributed by atoms with van der Waals surface area (Å²) in [5, 5.41) is 11.5. The van der Waals surface area contributed by atoms with Crippen molar-refractivity contribution >= 4 is 22.8 Å². The minimum Gasteiger partial charge on any atom is -0.507 e. The fraction of sp³-hybridized carbons (Fsp3) is 0.292. The van der Waals surface area contributed by atoms with Crippen molar-refractivity contribution in [1.29, 1.82) is 0 Å². The predicted molar refractivity (Wildman–Crippen MR) is 111 cm³/mol. The fourth-order valence-corrected chi connectivity index (χ4v) is 4.25. The van der Waals surface area contributed by atoms with Crippen LogP contribution >= 0.6 is 0 Å². The first kappa shape index (κ1) is 18.0. The Hall–Kier alpha value is -3.05. The molecule has 2 aliphatic rings. The van der Waals surface area contributed by atoms with Crippen molar-refractivity contribution in [3.8, 4) is 11.5 Å². The van der Waals surface area contributed by atoms with Gasteiger partial charge in [0.25, 0.3) is 0 Å². The van der Waals surface area contributed by atoms with Gasteiger partial charge in [0.15, 0.2) is 5.76 Å². The molecule has 0 amide bonds. The van der Waals surface area contributed by atoms with Crippen molar-refractivity contribution in [3.63, 3.8) is 0 Å². The van der Waals surface area contributed by atoms with Gasteiger partial charge >= 0.3 is 0 Å². The first-order chi connectivity index (χ1) is 14.1. The van der Waals surface area contributed by atoms with Gasteiger partial charge in [0, 0.05) is 24.0 Å². The number of aromatic hydroxyl groups is 1. The second-order valence-electron chi connectivity index (χ2n) is 7.88. The second kappa shape index (κ2) is 7.08. The number of piperidine rings is 1. The number of ketones is 1. The Morgan fingerprint density at radius 2 is 2.07 bits per heavy atom. The molecule has 29 heavy (non-hydrogen) atoms. The number of hydrogen-bond acceptors (Lipinski definition) is 5. The molecule has 3 heterocycles. The van der Waals surface area contributed by atoms with Crippen LogP contribution in [0.25, 0.3) is 17.0 Å². The maximum Gasteiger partial charge on any atom is 0.232 e. The van der Waals surface area contributed by atoms with Crippen LogP contribution in [0.1, 0.15) is 47.9 Å². The van der Waals surface area contributed by atoms with E-state index in [4.69, 9.17) is 9.15 Å². The average molecular weight is 389 g/mol. The highest BCUT2D eigenvalue weighted by atomic mass is 16.5. The first-order valence-corrected chi connectivity index (χ1v) is 10.1. The first-order valence-electron chi connectivity index (χ1n) is 10.1. The quantitative estimate of drug-likeness (QED) is 0.629. The molecule has 0 radical (unpaired) electrons. The zero-order chi connectivity index (χ0) is 20.0. The lowest BCUT2D eigenvalue weighted by atomic mass is 10.0. The molecule has 0 aliphatic carbocycles. The third-order valence-corrected chi connectivity index (χ3v) is 5.94. The van der Waals surface area contributed by atoms with E-state index in [9.17, 15) is 9.90 Å². The Morgan fingerprint density at radius 3 is 2.90 bits per heavy atom. The van der Waals surface area contributed by atoms with Crippen LogP contribution in [0.5, 0.6) is 11.5 Å². The van der Waals surface area contributed by atoms with E-state index in [2.05, 4.69) is 11.8 Å². The van der Waals surface area contributed by atoms with Crippen LogP contribution in [-0.2, 0) is 6.54 Å². The second-order valence-corrected chi connectivity index (χ2v) is 7.88. The Kier molecular flexibility index (Phi) is 4.40. The molecule has 1 fully saturated rings. The third-order valence-electron chi connectivity index (χ3n) is 5.94. The van der Waals surface area contributed by atoms with Gasteiger partial charge in [0.1, 0.15) is 22.8 Å². The number of allylic oxidation sites excluding steroid dienone is 1. The van der Waals surface area contributed by atoms with E-state index in [0.717, 1.165) is 30.4 Å². The van der Waals surface area contributed by atoms with Crippen LogP contribution in [0.3, 0.4) is 0 Å². The van der Waals surface area contributed by atoms with E-state index in [1.807, 2.05) is 30.3 Å². The molecule has 0 bridgehead atoms. The number of carbonyl (C=O) groups excluding carboxylic acids is 1. The molecule has 2 aliphatic heterocycles. The number of furan rings is 1. The van der Waals surface area contributed by atoms with Crippen LogP contribution in [-0.4, -0.2) is 28.4 Å². The molecule has 0 unspecified atom stereocenters. The minimum atomic E-state index is -0.187. The molecule has 1 atom stereocenters. The van der Waals surface area contributed by atoms with Gasteiger partial charge in [0.2, 0.25) is 5.78 Å². The third kappa shape index (κ3) is 3.21. The molecule has 5 rings (SSSR count). The van der Waals surface area contributed by atoms with E-state index in [-0.39, 0.29) is 17.3 Å². The molecule has 1 saturated heterocycles. The number of para-hydroxylation sites is 1. The molecular weight excluding hydrogens is 366 g/mol. The zero-order valence-electron chi connectivity index (χ0n) is 16.4. The number of phenols is 1. The summed E-state index contributed by atoms with van der Waals surface area (Å²) in [4.78, 5) is 15.2. The van der Waals surface area contributed by atoms with Gasteiger partial charge < -0.3 is 14.3 Å². The van der Waals surface area contributed by atoms with Crippen LogP contribution in [0.4, 0.5) is 0 Å². The smallest absolute Gasteiger partial charge is 0.232 e. The largest absolute Gasteiger partial charge is 0.507 e. The number of nitrogens with zero attached hydrogens (tertiary/aromatic N) is 1. The number of ether oxygens (including phenoxy) is 1. The Balaban J connectivity index is 1.48. The summed E-state index contributed by atoms with van der Waals surface area (Å²) in [6.45, 7) is 3.76. The van der Waals surface area contributed by atoms with E-state index in [1.165, 1.54) is 6.42 Å². The van der Waals surface area contributed by atoms with Crippen molar-refractivity contribution in [2.24, 2.45) is 0 Å². The van der Waals surface area contributed by atoms with Gasteiger partial charge in [0.05, 0.1) is 11.1 Å². The lowest BCUT2D eigenvalue weighted by molar-refractivity contribution is 0.101. The van der Waals surface area contributed by atoms with Gasteiger partial charge in [-0.25, -0.2) is 0 Å². The van der Waals surface area contributed by atoms with Crippen molar-refractivity contribution in [3.05, 3.63) is 65.1 Å². The molecule has 2 aromatic carbocycles. The lowest BCUT2D eigenvalue weighted by Crippen LogP contribution is -2.36. The number of hydrogen-bond donors (Lipinski definition) is 1. The Labute approximate surface area is 169 Å². The molecule has 3 aromatic rings. The number of Topliss-reactive ketones (excluding diaryl/α,β-unsaturated/α-hetero) is 1. The summed E-state index contributed by atoms with van der Waals surface area (Å²) in [7, 11) is 0. The number of likely N-dealkylation sites (tertiary alicyclic amines) is 1. The van der Waals surface area contributed by atoms with Gasteiger partial charge in [-0.05, 0) is 50.6 Å². The standard InChI is InChI=1S/C24H23NO4/c1-15-6-4-5-11-25(15)14-19-20(26)10-9-18-23(27)22(29-24(18)19)13-17-12-16-7-2-3-8-21(16)28-17/h2-3,7-10,12-13,15,26H,4-6,11,14H2,1H3/b22-13-/t15-/m0/s1. The van der Waals surface area contributed by atoms with Crippen molar-refractivity contribution in [1.82, 2.24) is 4.90 Å². The zero-order valence-corrected chi connectivity index (χ0v) is 16.4. The lowest BCUT2D eigenvalue weighted by Gasteiger charge is -2.33. The summed E-state index contributed by atoms with van der Waals surface area (Å²) < 4.78 is 11.8. The van der Waals surface area contributed by atoms with Crippen LogP contribution < -0.4 is 4.74 Å². The molecule has 1 aromatic heterocycles. The topological polar surface area (TPSA) is 62.9 Å². The monoisotopic (exact) mass is 389 g/mol. The molecule has 0 spiro atoms. The van der Waals surface area contributed by atoms with Crippen molar-refractivity contribution in [2.45, 2.75) is 38.8 Å². The summed E-state index contributed by atoms with van der Waals surface area (Å²) in [6, 6.07) is 13.3. The summed E-state index contributed by atoms with van der Waals surface area (Å²) in [6.07, 6.45) is 5.16. The van der Waals surface area contributed by atoms with Crippen LogP contribution in [0.15, 0.2) is 52.6 Å². The van der Waals surface area contributed by atoms with Crippen LogP contribution in [0, 0.1) is 0 Å². The predicted octanol–water partition coefficient (Wildman–Crippen LogP) is 5.13. The molecular formula is C24H23NO4. The highest BCUT2D eigenvalue weighted by Gasteiger charge is 2.32. The molecule has 148 valence electrons. The molecule has 5 nitrogen and oxygen atoms in total. The molecule has 0 saturated carbocycles. The van der Waals surface area contributed by atoms with Gasteiger partial charge in [-0.15, -0.1) is 0 Å². The van der Waals surface area contributed by atoms with Crippen LogP contribution in [0.2, 0.25) is 0 Å². The number of phenolic OH excluding ortho intramolecular Hbond substituents is 1. The minimum absolute atomic E-state index is 0.166. The highest BCUT2D eigenvalue weighted by Crippen LogP contribution is 2.41. The van der Waals surface area contributed by atoms with Crippen molar-refractivity contribution in [2.75, 3.05) is 6.54 Å². The summed E-state index contributed by atoms with van der Waals surface area (Å²) >= 11 is 0. The Bertz CT molecular complexity index is 1090. The fourth-order valence-electron chi connectivity index (χ4n) is 4.25. The van der Waals surface area contributed by atoms with Crippen molar-refractivity contribution < 1.29 is 19.1 Å². The highest BCUT2D eigenvalue weighted by molar-refractivity contribution is 6.15. The van der Waals surface area contributed by atoms with E-state index < -0.39 is 0 Å². The number of rotatable bonds is 3. The van der Waals surface area contributed by atoms with Gasteiger partial charge in [-0.3, -0.25) is 9.69 Å². The summed E-state index contributed by atoms with van der Waals surface area (Å²) in [5.41, 5.74) is 1.93. The van der Waals surface area contributed by atoms with Gasteiger partial charge in [-0.2, -0.15) is 0 Å². The average Bonchev–Trinajstić information content (AvgIpc) is 3.26. The van der Waals surface area contributed by atoms with E-state index >= 15 is 0 Å². The number of carbonyl (C=O) groups is 1. The Morgan fingerprint density at radius 1 is 1.21 bits per heavy atom. The van der Waals surface area contributed by atoms with E-state index in [1.54, 1.807) is 18.2 Å². The maximum atomic E-state index is 12.9. The SMILES string of the molecule is C[C@H]1CCCCN1Cc1c(O)ccc2c1O/C(=C\c1cc3ccccc3o1)C2=O.